The highest BCUT2D eigenvalue weighted by molar-refractivity contribution is 5.50. The van der Waals surface area contributed by atoms with Gasteiger partial charge in [-0.25, -0.2) is 9.97 Å². The van der Waals surface area contributed by atoms with Gasteiger partial charge in [0.05, 0.1) is 11.2 Å². The molecule has 56 valence electrons. The van der Waals surface area contributed by atoms with E-state index in [9.17, 15) is 0 Å². The van der Waals surface area contributed by atoms with Gasteiger partial charge in [0.15, 0.2) is 0 Å². The average molecular weight is 147 g/mol. The maximum Gasteiger partial charge on any atom is 0.111 e. The van der Waals surface area contributed by atoms with E-state index in [1.807, 2.05) is 24.3 Å². The second-order valence-corrected chi connectivity index (χ2v) is 2.58. The molecule has 0 bridgehead atoms. The lowest BCUT2D eigenvalue weighted by Gasteiger charge is -1.96. The highest BCUT2D eigenvalue weighted by Crippen LogP contribution is 2.07. The molecule has 2 aromatic heterocycles. The molecule has 0 aliphatic carbocycles. The van der Waals surface area contributed by atoms with Crippen LogP contribution in [0.5, 0.6) is 0 Å². The molecular weight excluding hydrogens is 138 g/mol. The van der Waals surface area contributed by atoms with Gasteiger partial charge in [-0.05, 0) is 19.9 Å². The van der Waals surface area contributed by atoms with Gasteiger partial charge in [0.1, 0.15) is 12.2 Å². The summed E-state index contributed by atoms with van der Waals surface area (Å²) in [5, 5.41) is 0. The SMILES string of the molecule is Cc1ncn2c(C)nccc12. The van der Waals surface area contributed by atoms with Gasteiger partial charge < -0.3 is 0 Å². The van der Waals surface area contributed by atoms with E-state index in [4.69, 9.17) is 0 Å². The average Bonchev–Trinajstić information content (AvgIpc) is 2.35. The van der Waals surface area contributed by atoms with E-state index >= 15 is 0 Å². The standard InChI is InChI=1S/C8H9N3/c1-6-8-3-4-9-7(2)11(8)5-10-6/h3-5H,1-2H3. The molecule has 0 aliphatic heterocycles. The first-order valence-electron chi connectivity index (χ1n) is 3.54. The lowest BCUT2D eigenvalue weighted by molar-refractivity contribution is 0.981. The van der Waals surface area contributed by atoms with Crippen LogP contribution in [0.2, 0.25) is 0 Å². The summed E-state index contributed by atoms with van der Waals surface area (Å²) >= 11 is 0. The predicted octanol–water partition coefficient (Wildman–Crippen LogP) is 1.35. The number of rotatable bonds is 0. The fourth-order valence-electron chi connectivity index (χ4n) is 1.18. The first-order chi connectivity index (χ1) is 5.29. The summed E-state index contributed by atoms with van der Waals surface area (Å²) in [6, 6.07) is 1.97. The lowest BCUT2D eigenvalue weighted by atomic mass is 10.4. The Bertz CT molecular complexity index is 389. The minimum atomic E-state index is 0.975. The van der Waals surface area contributed by atoms with Crippen molar-refractivity contribution in [2.24, 2.45) is 0 Å². The molecule has 3 nitrogen and oxygen atoms in total. The molecule has 0 aliphatic rings. The number of hydrogen-bond acceptors (Lipinski definition) is 2. The number of imidazole rings is 1. The minimum absolute atomic E-state index is 0.975. The fraction of sp³-hybridized carbons (Fsp3) is 0.250. The van der Waals surface area contributed by atoms with Crippen LogP contribution in [0.15, 0.2) is 18.6 Å². The van der Waals surface area contributed by atoms with Crippen molar-refractivity contribution in [1.29, 1.82) is 0 Å². The van der Waals surface area contributed by atoms with Crippen molar-refractivity contribution >= 4 is 5.52 Å². The first-order valence-corrected chi connectivity index (χ1v) is 3.54. The zero-order chi connectivity index (χ0) is 7.84. The molecule has 0 amide bonds. The van der Waals surface area contributed by atoms with Gasteiger partial charge in [-0.2, -0.15) is 0 Å². The van der Waals surface area contributed by atoms with Gasteiger partial charge in [-0.1, -0.05) is 0 Å². The number of aryl methyl sites for hydroxylation is 2. The van der Waals surface area contributed by atoms with Crippen molar-refractivity contribution < 1.29 is 0 Å². The van der Waals surface area contributed by atoms with E-state index in [0.29, 0.717) is 0 Å². The molecule has 0 N–H and O–H groups in total. The van der Waals surface area contributed by atoms with Crippen molar-refractivity contribution in [2.45, 2.75) is 13.8 Å². The normalized spacial score (nSPS) is 10.7. The highest BCUT2D eigenvalue weighted by Gasteiger charge is 1.99. The largest absolute Gasteiger partial charge is 0.287 e. The Morgan fingerprint density at radius 1 is 1.27 bits per heavy atom. The summed E-state index contributed by atoms with van der Waals surface area (Å²) in [4.78, 5) is 8.32. The van der Waals surface area contributed by atoms with Gasteiger partial charge in [0, 0.05) is 6.20 Å². The topological polar surface area (TPSA) is 30.2 Å². The smallest absolute Gasteiger partial charge is 0.111 e. The van der Waals surface area contributed by atoms with E-state index in [-0.39, 0.29) is 0 Å². The molecule has 0 unspecified atom stereocenters. The highest BCUT2D eigenvalue weighted by atomic mass is 15.0. The van der Waals surface area contributed by atoms with Gasteiger partial charge in [0.25, 0.3) is 0 Å². The zero-order valence-electron chi connectivity index (χ0n) is 6.57. The van der Waals surface area contributed by atoms with E-state index < -0.39 is 0 Å². The van der Waals surface area contributed by atoms with E-state index in [2.05, 4.69) is 9.97 Å². The van der Waals surface area contributed by atoms with E-state index in [0.717, 1.165) is 17.0 Å². The molecular formula is C8H9N3. The van der Waals surface area contributed by atoms with Crippen molar-refractivity contribution in [2.75, 3.05) is 0 Å². The van der Waals surface area contributed by atoms with Crippen LogP contribution in [0.3, 0.4) is 0 Å². The van der Waals surface area contributed by atoms with Crippen LogP contribution < -0.4 is 0 Å². The molecule has 0 fully saturated rings. The molecule has 0 atom stereocenters. The number of hydrogen-bond donors (Lipinski definition) is 0. The summed E-state index contributed by atoms with van der Waals surface area (Å²) in [5.41, 5.74) is 2.19. The van der Waals surface area contributed by atoms with Crippen molar-refractivity contribution in [1.82, 2.24) is 14.4 Å². The lowest BCUT2D eigenvalue weighted by Crippen LogP contribution is -1.91. The molecule has 0 aromatic carbocycles. The molecule has 3 heteroatoms. The van der Waals surface area contributed by atoms with Crippen molar-refractivity contribution in [3.05, 3.63) is 30.1 Å². The van der Waals surface area contributed by atoms with Crippen LogP contribution in [-0.2, 0) is 0 Å². The summed E-state index contributed by atoms with van der Waals surface area (Å²) in [5.74, 6) is 0.975. The Kier molecular flexibility index (Phi) is 1.18. The van der Waals surface area contributed by atoms with Crippen LogP contribution in [-0.4, -0.2) is 14.4 Å². The van der Waals surface area contributed by atoms with Crippen LogP contribution in [0, 0.1) is 13.8 Å². The monoisotopic (exact) mass is 147 g/mol. The van der Waals surface area contributed by atoms with Crippen LogP contribution in [0.1, 0.15) is 11.5 Å². The summed E-state index contributed by atoms with van der Waals surface area (Å²) in [6.07, 6.45) is 3.60. The maximum atomic E-state index is 4.18. The molecule has 0 spiro atoms. The second-order valence-electron chi connectivity index (χ2n) is 2.58. The van der Waals surface area contributed by atoms with Gasteiger partial charge in [-0.3, -0.25) is 4.40 Å². The first kappa shape index (κ1) is 6.34. The molecule has 0 radical (unpaired) electrons. The maximum absolute atomic E-state index is 4.18. The van der Waals surface area contributed by atoms with Gasteiger partial charge in [0.2, 0.25) is 0 Å². The number of aromatic nitrogens is 3. The third kappa shape index (κ3) is 0.808. The Balaban J connectivity index is 2.94. The molecule has 2 aromatic rings. The van der Waals surface area contributed by atoms with Crippen molar-refractivity contribution in [3.63, 3.8) is 0 Å². The molecule has 2 rings (SSSR count). The molecule has 0 saturated carbocycles. The van der Waals surface area contributed by atoms with Gasteiger partial charge in [-0.15, -0.1) is 0 Å². The Morgan fingerprint density at radius 2 is 2.09 bits per heavy atom. The fourth-order valence-corrected chi connectivity index (χ4v) is 1.18. The summed E-state index contributed by atoms with van der Waals surface area (Å²) in [7, 11) is 0. The molecule has 2 heterocycles. The van der Waals surface area contributed by atoms with Crippen LogP contribution in [0.4, 0.5) is 0 Å². The Hall–Kier alpha value is -1.38. The third-order valence-electron chi connectivity index (χ3n) is 1.84. The third-order valence-corrected chi connectivity index (χ3v) is 1.84. The predicted molar refractivity (Wildman–Crippen MR) is 42.5 cm³/mol. The summed E-state index contributed by atoms with van der Waals surface area (Å²) in [6.45, 7) is 3.96. The Labute approximate surface area is 64.7 Å². The summed E-state index contributed by atoms with van der Waals surface area (Å²) < 4.78 is 1.98. The van der Waals surface area contributed by atoms with Crippen LogP contribution >= 0.6 is 0 Å². The van der Waals surface area contributed by atoms with Crippen LogP contribution in [0.25, 0.3) is 5.52 Å². The van der Waals surface area contributed by atoms with E-state index in [1.165, 1.54) is 0 Å². The second kappa shape index (κ2) is 2.05. The van der Waals surface area contributed by atoms with Crippen molar-refractivity contribution in [3.8, 4) is 0 Å². The zero-order valence-corrected chi connectivity index (χ0v) is 6.57. The number of fused-ring (bicyclic) bond motifs is 1. The molecule has 11 heavy (non-hydrogen) atoms. The van der Waals surface area contributed by atoms with Gasteiger partial charge >= 0.3 is 0 Å². The van der Waals surface area contributed by atoms with E-state index in [1.54, 1.807) is 12.5 Å². The Morgan fingerprint density at radius 3 is 2.82 bits per heavy atom. The number of nitrogens with zero attached hydrogens (tertiary/aromatic N) is 3. The molecule has 0 saturated heterocycles. The minimum Gasteiger partial charge on any atom is -0.287 e. The quantitative estimate of drug-likeness (QED) is 0.563.